The van der Waals surface area contributed by atoms with E-state index < -0.39 is 121 Å². The number of carboxylic acids is 1. The van der Waals surface area contributed by atoms with E-state index in [1.54, 1.807) is 41.5 Å². The molecule has 0 aromatic heterocycles. The Hall–Kier alpha value is -5.13. The van der Waals surface area contributed by atoms with Gasteiger partial charge in [0.15, 0.2) is 5.96 Å². The van der Waals surface area contributed by atoms with E-state index in [0.29, 0.717) is 6.42 Å². The van der Waals surface area contributed by atoms with Crippen LogP contribution in [0.4, 0.5) is 0 Å². The first-order valence-electron chi connectivity index (χ1n) is 19.1. The molecule has 0 aromatic carbocycles. The fourth-order valence-electron chi connectivity index (χ4n) is 5.16. The molecule has 0 radical (unpaired) electrons. The number of aliphatic carboxylic acids is 1. The summed E-state index contributed by atoms with van der Waals surface area (Å²) in [6, 6.07) is -8.36. The Morgan fingerprint density at radius 3 is 1.72 bits per heavy atom. The van der Waals surface area contributed by atoms with E-state index in [2.05, 4.69) is 37.2 Å². The predicted molar refractivity (Wildman–Crippen MR) is 209 cm³/mol. The van der Waals surface area contributed by atoms with Crippen molar-refractivity contribution in [3.05, 3.63) is 0 Å². The van der Waals surface area contributed by atoms with Crippen LogP contribution in [0.15, 0.2) is 0 Å². The molecule has 0 saturated carbocycles. The zero-order valence-electron chi connectivity index (χ0n) is 34.2. The minimum absolute atomic E-state index is 0.0232. The molecule has 332 valence electrons. The summed E-state index contributed by atoms with van der Waals surface area (Å²) in [7, 11) is 0. The lowest BCUT2D eigenvalue weighted by Gasteiger charge is -2.30. The molecular weight excluding hydrogens is 766 g/mol. The van der Waals surface area contributed by atoms with Crippen molar-refractivity contribution in [2.75, 3.05) is 26.2 Å². The molecule has 23 nitrogen and oxygen atoms in total. The van der Waals surface area contributed by atoms with E-state index in [-0.39, 0.29) is 43.6 Å². The second-order valence-electron chi connectivity index (χ2n) is 14.7. The van der Waals surface area contributed by atoms with Gasteiger partial charge in [0.2, 0.25) is 41.4 Å². The standard InChI is InChI=1S/C35H65N11O12/c1-8-18(6)26(33(56)46-27(19(7)48)32(55)41-13-23(49)40-14-24(50)42-22(15-47)34(57)58)45-29(52)20(10-9-11-39-35(37)38)43-30(53)21(12-16(2)3)44-31(54)25(36)28(51)17(4)5/h16-22,25-28,47-48,51H,8-15,36H2,1-7H3,(H,40,49)(H,41,55)(H,42,50)(H,43,53)(H,44,54)(H,45,52)(H,46,56)(H,57,58)(H4,37,38,39)/t18-,19-,20+,21-,22-,25-,26-,27-,28+/m0/s1. The van der Waals surface area contributed by atoms with Crippen LogP contribution in [0.1, 0.15) is 74.1 Å². The van der Waals surface area contributed by atoms with Crippen molar-refractivity contribution in [2.45, 2.75) is 123 Å². The number of carbonyl (C=O) groups is 8. The quantitative estimate of drug-likeness (QED) is 0.0209. The van der Waals surface area contributed by atoms with Crippen LogP contribution in [-0.4, -0.2) is 148 Å². The molecular formula is C35H65N11O12. The Kier molecular flexibility index (Phi) is 24.4. The molecule has 7 amide bonds. The van der Waals surface area contributed by atoms with Crippen molar-refractivity contribution in [1.82, 2.24) is 42.5 Å². The van der Waals surface area contributed by atoms with Crippen LogP contribution in [0, 0.1) is 23.2 Å². The molecule has 0 aliphatic rings. The summed E-state index contributed by atoms with van der Waals surface area (Å²) in [5.74, 6) is -8.94. The average Bonchev–Trinajstić information content (AvgIpc) is 3.15. The highest BCUT2D eigenvalue weighted by atomic mass is 16.4. The number of carbonyl (C=O) groups excluding carboxylic acids is 7. The molecule has 0 unspecified atom stereocenters. The Morgan fingerprint density at radius 1 is 0.672 bits per heavy atom. The number of aliphatic hydroxyl groups is 3. The van der Waals surface area contributed by atoms with E-state index in [4.69, 9.17) is 27.1 Å². The number of guanidine groups is 1. The van der Waals surface area contributed by atoms with Crippen LogP contribution in [-0.2, 0) is 38.4 Å². The summed E-state index contributed by atoms with van der Waals surface area (Å²) in [4.78, 5) is 102. The van der Waals surface area contributed by atoms with Gasteiger partial charge in [-0.3, -0.25) is 39.0 Å². The molecule has 0 aliphatic carbocycles. The van der Waals surface area contributed by atoms with E-state index in [0.717, 1.165) is 0 Å². The van der Waals surface area contributed by atoms with Gasteiger partial charge in [-0.25, -0.2) is 4.79 Å². The summed E-state index contributed by atoms with van der Waals surface area (Å²) in [6.07, 6.45) is -2.05. The topological polar surface area (TPSA) is 390 Å². The molecule has 17 N–H and O–H groups in total. The van der Waals surface area contributed by atoms with Crippen molar-refractivity contribution in [3.8, 4) is 0 Å². The number of aliphatic hydroxyl groups excluding tert-OH is 3. The summed E-state index contributed by atoms with van der Waals surface area (Å²) in [5, 5.41) is 65.1. The maximum Gasteiger partial charge on any atom is 0.328 e. The molecule has 9 atom stereocenters. The molecule has 0 spiro atoms. The monoisotopic (exact) mass is 831 g/mol. The number of rotatable bonds is 27. The second kappa shape index (κ2) is 26.7. The Labute approximate surface area is 337 Å². The van der Waals surface area contributed by atoms with Gasteiger partial charge >= 0.3 is 5.97 Å². The number of nitrogens with two attached hydrogens (primary N) is 2. The first-order chi connectivity index (χ1) is 27.0. The Bertz CT molecular complexity index is 1410. The van der Waals surface area contributed by atoms with E-state index in [1.807, 2.05) is 5.32 Å². The van der Waals surface area contributed by atoms with Gasteiger partial charge in [-0.1, -0.05) is 48.0 Å². The first-order valence-corrected chi connectivity index (χ1v) is 19.1. The van der Waals surface area contributed by atoms with Gasteiger partial charge in [0.25, 0.3) is 0 Å². The van der Waals surface area contributed by atoms with E-state index >= 15 is 0 Å². The number of hydrogen-bond acceptors (Lipinski definition) is 13. The highest BCUT2D eigenvalue weighted by Crippen LogP contribution is 2.12. The third-order valence-corrected chi connectivity index (χ3v) is 8.85. The highest BCUT2D eigenvalue weighted by Gasteiger charge is 2.35. The lowest BCUT2D eigenvalue weighted by Crippen LogP contribution is -2.61. The molecule has 0 saturated heterocycles. The third kappa shape index (κ3) is 19.8. The zero-order chi connectivity index (χ0) is 44.9. The summed E-state index contributed by atoms with van der Waals surface area (Å²) in [5.41, 5.74) is 11.3. The van der Waals surface area contributed by atoms with Crippen LogP contribution in [0.5, 0.6) is 0 Å². The van der Waals surface area contributed by atoms with Gasteiger partial charge in [-0.15, -0.1) is 0 Å². The van der Waals surface area contributed by atoms with Crippen molar-refractivity contribution < 1.29 is 58.8 Å². The maximum absolute atomic E-state index is 13.9. The van der Waals surface area contributed by atoms with Crippen LogP contribution >= 0.6 is 0 Å². The fraction of sp³-hybridized carbons (Fsp3) is 0.743. The average molecular weight is 832 g/mol. The van der Waals surface area contributed by atoms with Gasteiger partial charge < -0.3 is 74.4 Å². The second-order valence-corrected chi connectivity index (χ2v) is 14.7. The lowest BCUT2D eigenvalue weighted by molar-refractivity contribution is -0.142. The number of carboxylic acid groups (broad SMARTS) is 1. The van der Waals surface area contributed by atoms with E-state index in [9.17, 15) is 48.6 Å². The van der Waals surface area contributed by atoms with Gasteiger partial charge in [0.05, 0.1) is 31.9 Å². The molecule has 58 heavy (non-hydrogen) atoms. The van der Waals surface area contributed by atoms with Crippen LogP contribution in [0.2, 0.25) is 0 Å². The summed E-state index contributed by atoms with van der Waals surface area (Å²) < 4.78 is 0. The molecule has 0 aliphatic heterocycles. The van der Waals surface area contributed by atoms with Crippen molar-refractivity contribution in [1.29, 1.82) is 5.41 Å². The summed E-state index contributed by atoms with van der Waals surface area (Å²) >= 11 is 0. The molecule has 0 fully saturated rings. The number of amides is 7. The van der Waals surface area contributed by atoms with Gasteiger partial charge in [-0.2, -0.15) is 0 Å². The normalized spacial score (nSPS) is 15.8. The Morgan fingerprint density at radius 2 is 1.22 bits per heavy atom. The van der Waals surface area contributed by atoms with Crippen LogP contribution in [0.3, 0.4) is 0 Å². The fourth-order valence-corrected chi connectivity index (χ4v) is 5.16. The van der Waals surface area contributed by atoms with Crippen molar-refractivity contribution in [2.24, 2.45) is 29.2 Å². The van der Waals surface area contributed by atoms with Crippen molar-refractivity contribution in [3.63, 3.8) is 0 Å². The van der Waals surface area contributed by atoms with Gasteiger partial charge in [0.1, 0.15) is 36.3 Å². The number of hydrogen-bond donors (Lipinski definition) is 15. The highest BCUT2D eigenvalue weighted by molar-refractivity contribution is 5.97. The Balaban J connectivity index is 6.05. The first kappa shape index (κ1) is 52.9. The smallest absolute Gasteiger partial charge is 0.328 e. The minimum atomic E-state index is -1.64. The molecule has 0 bridgehead atoms. The zero-order valence-corrected chi connectivity index (χ0v) is 34.2. The van der Waals surface area contributed by atoms with Crippen molar-refractivity contribution >= 4 is 53.3 Å². The predicted octanol–water partition coefficient (Wildman–Crippen LogP) is -5.20. The van der Waals surface area contributed by atoms with E-state index in [1.165, 1.54) is 6.92 Å². The molecule has 0 aromatic rings. The van der Waals surface area contributed by atoms with Crippen LogP contribution in [0.25, 0.3) is 0 Å². The molecule has 23 heteroatoms. The molecule has 0 rings (SSSR count). The summed E-state index contributed by atoms with van der Waals surface area (Å²) in [6.45, 7) is 9.35. The lowest BCUT2D eigenvalue weighted by atomic mass is 9.96. The molecule has 0 heterocycles. The number of nitrogens with one attached hydrogen (secondary N) is 9. The maximum atomic E-state index is 13.9. The van der Waals surface area contributed by atoms with Gasteiger partial charge in [-0.05, 0) is 43.9 Å². The van der Waals surface area contributed by atoms with Gasteiger partial charge in [0, 0.05) is 6.54 Å². The largest absolute Gasteiger partial charge is 0.480 e. The minimum Gasteiger partial charge on any atom is -0.480 e. The van der Waals surface area contributed by atoms with Crippen LogP contribution < -0.4 is 54.0 Å². The SMILES string of the molecule is CC[C@H](C)[C@H](NC(=O)[C@@H](CCCNC(=N)N)NC(=O)[C@H](CC(C)C)NC(=O)[C@@H](N)[C@H](O)C(C)C)C(=O)N[C@H](C(=O)NCC(=O)NCC(=O)N[C@@H](CO)C(=O)O)[C@H](C)O. The third-order valence-electron chi connectivity index (χ3n) is 8.85.